The van der Waals surface area contributed by atoms with Crippen LogP contribution in [0.25, 0.3) is 0 Å². The Morgan fingerprint density at radius 3 is 2.29 bits per heavy atom. The van der Waals surface area contributed by atoms with Crippen molar-refractivity contribution in [2.75, 3.05) is 13.7 Å². The summed E-state index contributed by atoms with van der Waals surface area (Å²) in [6.07, 6.45) is 3.64. The van der Waals surface area contributed by atoms with Crippen LogP contribution in [0, 0.1) is 0 Å². The summed E-state index contributed by atoms with van der Waals surface area (Å²) in [6, 6.07) is 7.46. The number of unbranched alkanes of at least 4 members (excludes halogenated alkanes) is 1. The summed E-state index contributed by atoms with van der Waals surface area (Å²) in [4.78, 5) is 0. The average molecular weight is 295 g/mol. The van der Waals surface area contributed by atoms with Crippen LogP contribution in [0.5, 0.6) is 11.5 Å². The molecule has 0 radical (unpaired) electrons. The zero-order valence-electron chi connectivity index (χ0n) is 12.9. The highest BCUT2D eigenvalue weighted by Gasteiger charge is 2.18. The van der Waals surface area contributed by atoms with E-state index in [1.165, 1.54) is 0 Å². The van der Waals surface area contributed by atoms with E-state index in [9.17, 15) is 0 Å². The predicted octanol–water partition coefficient (Wildman–Crippen LogP) is 1.82. The number of hydrogen-bond acceptors (Lipinski definition) is 5. The number of hydrogen-bond donors (Lipinski definition) is 3. The van der Waals surface area contributed by atoms with Gasteiger partial charge in [-0.15, -0.1) is 0 Å². The molecule has 0 saturated carbocycles. The molecule has 0 heterocycles. The largest absolute Gasteiger partial charge is 0.497 e. The molecule has 0 amide bonds. The van der Waals surface area contributed by atoms with Crippen LogP contribution < -0.4 is 15.2 Å². The Balaban J connectivity index is 2.22. The van der Waals surface area contributed by atoms with Crippen LogP contribution in [0.4, 0.5) is 0 Å². The van der Waals surface area contributed by atoms with Crippen LogP contribution in [0.3, 0.4) is 0 Å². The fourth-order valence-corrected chi connectivity index (χ4v) is 2.05. The van der Waals surface area contributed by atoms with Gasteiger partial charge >= 0.3 is 7.12 Å². The maximum atomic E-state index is 8.78. The van der Waals surface area contributed by atoms with Gasteiger partial charge in [0.2, 0.25) is 0 Å². The number of rotatable bonds is 10. The third kappa shape index (κ3) is 7.94. The molecule has 5 nitrogen and oxygen atoms in total. The van der Waals surface area contributed by atoms with Crippen molar-refractivity contribution in [1.82, 2.24) is 0 Å². The third-order valence-corrected chi connectivity index (χ3v) is 3.46. The molecule has 0 aliphatic heterocycles. The molecule has 0 fully saturated rings. The van der Waals surface area contributed by atoms with Crippen LogP contribution in [0.15, 0.2) is 24.3 Å². The molecule has 1 aromatic carbocycles. The monoisotopic (exact) mass is 295 g/mol. The van der Waals surface area contributed by atoms with Crippen molar-refractivity contribution in [2.45, 2.75) is 44.5 Å². The van der Waals surface area contributed by atoms with Crippen molar-refractivity contribution in [3.05, 3.63) is 24.3 Å². The lowest BCUT2D eigenvalue weighted by Crippen LogP contribution is -2.37. The average Bonchev–Trinajstić information content (AvgIpc) is 2.44. The second kappa shape index (κ2) is 8.92. The van der Waals surface area contributed by atoms with Gasteiger partial charge in [-0.2, -0.15) is 0 Å². The highest BCUT2D eigenvalue weighted by molar-refractivity contribution is 6.40. The summed E-state index contributed by atoms with van der Waals surface area (Å²) in [5, 5.41) is 17.6. The van der Waals surface area contributed by atoms with Gasteiger partial charge in [-0.05, 0) is 50.4 Å². The molecular formula is C15H26BNO4. The zero-order chi connectivity index (χ0) is 15.7. The molecule has 1 unspecified atom stereocenters. The lowest BCUT2D eigenvalue weighted by Gasteiger charge is -2.24. The second-order valence-corrected chi connectivity index (χ2v) is 5.65. The van der Waals surface area contributed by atoms with E-state index in [2.05, 4.69) is 0 Å². The van der Waals surface area contributed by atoms with Crippen LogP contribution in [0.1, 0.15) is 32.6 Å². The summed E-state index contributed by atoms with van der Waals surface area (Å²) in [7, 11) is 0.415. The van der Waals surface area contributed by atoms with Crippen molar-refractivity contribution in [3.63, 3.8) is 0 Å². The van der Waals surface area contributed by atoms with E-state index in [0.29, 0.717) is 12.9 Å². The minimum absolute atomic E-state index is 0.299. The molecule has 0 aliphatic carbocycles. The van der Waals surface area contributed by atoms with Crippen LogP contribution in [-0.2, 0) is 0 Å². The van der Waals surface area contributed by atoms with Crippen molar-refractivity contribution in [3.8, 4) is 11.5 Å². The number of nitrogens with two attached hydrogens (primary N) is 1. The maximum absolute atomic E-state index is 8.78. The van der Waals surface area contributed by atoms with Gasteiger partial charge in [-0.25, -0.2) is 0 Å². The van der Waals surface area contributed by atoms with Gasteiger partial charge in [0.25, 0.3) is 0 Å². The SMILES string of the molecule is COc1ccc(OCCC(C)(N)CCCCB(O)O)cc1. The first kappa shape index (κ1) is 17.8. The Hall–Kier alpha value is -1.24. The van der Waals surface area contributed by atoms with E-state index in [0.717, 1.165) is 37.2 Å². The van der Waals surface area contributed by atoms with Gasteiger partial charge in [0.05, 0.1) is 13.7 Å². The van der Waals surface area contributed by atoms with Gasteiger partial charge in [0, 0.05) is 5.54 Å². The van der Waals surface area contributed by atoms with E-state index in [1.807, 2.05) is 31.2 Å². The first-order chi connectivity index (χ1) is 9.93. The topological polar surface area (TPSA) is 84.9 Å². The van der Waals surface area contributed by atoms with Gasteiger partial charge in [-0.3, -0.25) is 0 Å². The summed E-state index contributed by atoms with van der Waals surface area (Å²) in [6.45, 7) is 2.56. The molecule has 6 heteroatoms. The number of methoxy groups -OCH3 is 1. The maximum Gasteiger partial charge on any atom is 0.451 e. The van der Waals surface area contributed by atoms with Gasteiger partial charge in [0.1, 0.15) is 11.5 Å². The first-order valence-corrected chi connectivity index (χ1v) is 7.35. The van der Waals surface area contributed by atoms with Crippen LogP contribution in [0.2, 0.25) is 6.32 Å². The molecule has 0 aliphatic rings. The lowest BCUT2D eigenvalue weighted by molar-refractivity contribution is 0.255. The Morgan fingerprint density at radius 2 is 1.71 bits per heavy atom. The quantitative estimate of drug-likeness (QED) is 0.453. The normalized spacial score (nSPS) is 13.6. The van der Waals surface area contributed by atoms with E-state index in [-0.39, 0.29) is 5.54 Å². The summed E-state index contributed by atoms with van der Waals surface area (Å²) in [5.41, 5.74) is 5.92. The van der Waals surface area contributed by atoms with Gasteiger partial charge < -0.3 is 25.3 Å². The van der Waals surface area contributed by atoms with E-state index in [1.54, 1.807) is 7.11 Å². The fraction of sp³-hybridized carbons (Fsp3) is 0.600. The summed E-state index contributed by atoms with van der Waals surface area (Å²) >= 11 is 0. The molecular weight excluding hydrogens is 269 g/mol. The van der Waals surface area contributed by atoms with E-state index in [4.69, 9.17) is 25.3 Å². The smallest absolute Gasteiger partial charge is 0.451 e. The molecule has 1 rings (SSSR count). The lowest BCUT2D eigenvalue weighted by atomic mass is 9.82. The summed E-state index contributed by atoms with van der Waals surface area (Å²) in [5.74, 6) is 1.60. The molecule has 0 spiro atoms. The zero-order valence-corrected chi connectivity index (χ0v) is 12.9. The Morgan fingerprint density at radius 1 is 1.10 bits per heavy atom. The third-order valence-electron chi connectivity index (χ3n) is 3.46. The second-order valence-electron chi connectivity index (χ2n) is 5.65. The molecule has 0 aromatic heterocycles. The summed E-state index contributed by atoms with van der Waals surface area (Å²) < 4.78 is 10.8. The Labute approximate surface area is 127 Å². The Kier molecular flexibility index (Phi) is 7.57. The predicted molar refractivity (Wildman–Crippen MR) is 84.5 cm³/mol. The van der Waals surface area contributed by atoms with E-state index >= 15 is 0 Å². The van der Waals surface area contributed by atoms with Crippen molar-refractivity contribution in [1.29, 1.82) is 0 Å². The molecule has 1 aromatic rings. The molecule has 0 saturated heterocycles. The van der Waals surface area contributed by atoms with E-state index < -0.39 is 7.12 Å². The van der Waals surface area contributed by atoms with Crippen molar-refractivity contribution < 1.29 is 19.5 Å². The van der Waals surface area contributed by atoms with Crippen LogP contribution in [-0.4, -0.2) is 36.4 Å². The highest BCUT2D eigenvalue weighted by Crippen LogP contribution is 2.20. The highest BCUT2D eigenvalue weighted by atomic mass is 16.5. The van der Waals surface area contributed by atoms with Crippen molar-refractivity contribution in [2.24, 2.45) is 5.73 Å². The first-order valence-electron chi connectivity index (χ1n) is 7.35. The molecule has 21 heavy (non-hydrogen) atoms. The standard InChI is InChI=1S/C15H26BNO4/c1-15(17,9-3-4-11-16(18)19)10-12-21-14-7-5-13(20-2)6-8-14/h5-8,18-19H,3-4,9-12,17H2,1-2H3. The minimum atomic E-state index is -1.22. The number of ether oxygens (including phenoxy) is 2. The van der Waals surface area contributed by atoms with Crippen molar-refractivity contribution >= 4 is 7.12 Å². The molecule has 0 bridgehead atoms. The number of benzene rings is 1. The Bertz CT molecular complexity index is 395. The van der Waals surface area contributed by atoms with Gasteiger partial charge in [0.15, 0.2) is 0 Å². The molecule has 1 atom stereocenters. The minimum Gasteiger partial charge on any atom is -0.497 e. The molecule has 118 valence electrons. The fourth-order valence-electron chi connectivity index (χ4n) is 2.05. The van der Waals surface area contributed by atoms with Crippen LogP contribution >= 0.6 is 0 Å². The van der Waals surface area contributed by atoms with Gasteiger partial charge in [-0.1, -0.05) is 12.8 Å². The molecule has 4 N–H and O–H groups in total.